The number of nitrogens with two attached hydrogens (primary N) is 1. The number of hydrogen-bond donors (Lipinski definition) is 1. The predicted molar refractivity (Wildman–Crippen MR) is 51.8 cm³/mol. The van der Waals surface area contributed by atoms with Gasteiger partial charge in [-0.25, -0.2) is 13.8 Å². The van der Waals surface area contributed by atoms with Crippen LogP contribution in [0.4, 0.5) is 14.6 Å². The molecule has 0 amide bonds. The number of nitrogens with zero attached hydrogens (tertiary/aromatic N) is 2. The number of benzene rings is 1. The van der Waals surface area contributed by atoms with Crippen LogP contribution >= 0.6 is 0 Å². The lowest BCUT2D eigenvalue weighted by atomic mass is 10.1. The zero-order valence-electron chi connectivity index (χ0n) is 7.61. The highest BCUT2D eigenvalue weighted by Crippen LogP contribution is 2.26. The molecule has 0 radical (unpaired) electrons. The average Bonchev–Trinajstić information content (AvgIpc) is 2.20. The molecule has 1 heterocycles. The van der Waals surface area contributed by atoms with E-state index < -0.39 is 11.6 Å². The molecule has 0 unspecified atom stereocenters. The summed E-state index contributed by atoms with van der Waals surface area (Å²) >= 11 is 0. The Morgan fingerprint density at radius 3 is 2.20 bits per heavy atom. The fourth-order valence-corrected chi connectivity index (χ4v) is 1.27. The van der Waals surface area contributed by atoms with Crippen LogP contribution in [0.15, 0.2) is 30.6 Å². The molecule has 0 aliphatic carbocycles. The van der Waals surface area contributed by atoms with Crippen molar-refractivity contribution >= 4 is 5.82 Å². The molecule has 0 saturated heterocycles. The fraction of sp³-hybridized carbons (Fsp3) is 0. The molecule has 3 nitrogen and oxygen atoms in total. The summed E-state index contributed by atoms with van der Waals surface area (Å²) < 4.78 is 26.7. The Labute approximate surface area is 84.6 Å². The minimum atomic E-state index is -0.706. The lowest BCUT2D eigenvalue weighted by Crippen LogP contribution is -1.99. The van der Waals surface area contributed by atoms with Gasteiger partial charge in [0, 0.05) is 12.4 Å². The van der Waals surface area contributed by atoms with E-state index in [0.29, 0.717) is 0 Å². The molecule has 2 rings (SSSR count). The standard InChI is InChI=1S/C10H7F2N3/c11-6-2-1-3-7(12)8(6)9-10(13)15-5-4-14-9/h1-5H,(H2,13,15). The zero-order chi connectivity index (χ0) is 10.8. The minimum Gasteiger partial charge on any atom is -0.382 e. The van der Waals surface area contributed by atoms with Gasteiger partial charge in [0.05, 0.1) is 5.56 Å². The van der Waals surface area contributed by atoms with Crippen LogP contribution < -0.4 is 5.73 Å². The van der Waals surface area contributed by atoms with Crippen LogP contribution in [0.2, 0.25) is 0 Å². The highest BCUT2D eigenvalue weighted by molar-refractivity contribution is 5.70. The largest absolute Gasteiger partial charge is 0.382 e. The molecule has 0 aliphatic heterocycles. The zero-order valence-corrected chi connectivity index (χ0v) is 7.61. The van der Waals surface area contributed by atoms with E-state index in [4.69, 9.17) is 5.73 Å². The quantitative estimate of drug-likeness (QED) is 0.778. The lowest BCUT2D eigenvalue weighted by molar-refractivity contribution is 0.588. The normalized spacial score (nSPS) is 10.3. The van der Waals surface area contributed by atoms with Crippen molar-refractivity contribution < 1.29 is 8.78 Å². The number of aromatic nitrogens is 2. The topological polar surface area (TPSA) is 51.8 Å². The summed E-state index contributed by atoms with van der Waals surface area (Å²) in [6, 6.07) is 3.57. The van der Waals surface area contributed by atoms with E-state index in [2.05, 4.69) is 9.97 Å². The highest BCUT2D eigenvalue weighted by atomic mass is 19.1. The van der Waals surface area contributed by atoms with Crippen LogP contribution in [0.3, 0.4) is 0 Å². The van der Waals surface area contributed by atoms with Gasteiger partial charge < -0.3 is 5.73 Å². The summed E-state index contributed by atoms with van der Waals surface area (Å²) in [6.07, 6.45) is 2.69. The molecule has 5 heteroatoms. The summed E-state index contributed by atoms with van der Waals surface area (Å²) in [6.45, 7) is 0. The number of anilines is 1. The van der Waals surface area contributed by atoms with Crippen LogP contribution in [-0.2, 0) is 0 Å². The van der Waals surface area contributed by atoms with Crippen molar-refractivity contribution in [1.82, 2.24) is 9.97 Å². The summed E-state index contributed by atoms with van der Waals surface area (Å²) in [5.41, 5.74) is 5.26. The fourth-order valence-electron chi connectivity index (χ4n) is 1.27. The van der Waals surface area contributed by atoms with Gasteiger partial charge in [-0.05, 0) is 12.1 Å². The molecular formula is C10H7F2N3. The Balaban J connectivity index is 2.69. The SMILES string of the molecule is Nc1nccnc1-c1c(F)cccc1F. The van der Waals surface area contributed by atoms with E-state index in [0.717, 1.165) is 12.1 Å². The Bertz CT molecular complexity index is 480. The third kappa shape index (κ3) is 1.63. The van der Waals surface area contributed by atoms with E-state index in [1.165, 1.54) is 18.5 Å². The Morgan fingerprint density at radius 2 is 1.60 bits per heavy atom. The molecule has 76 valence electrons. The summed E-state index contributed by atoms with van der Waals surface area (Å²) in [7, 11) is 0. The molecule has 15 heavy (non-hydrogen) atoms. The first-order valence-electron chi connectivity index (χ1n) is 4.21. The summed E-state index contributed by atoms with van der Waals surface area (Å²) in [4.78, 5) is 7.52. The van der Waals surface area contributed by atoms with E-state index >= 15 is 0 Å². The third-order valence-electron chi connectivity index (χ3n) is 1.93. The van der Waals surface area contributed by atoms with Gasteiger partial charge in [-0.15, -0.1) is 0 Å². The second-order valence-corrected chi connectivity index (χ2v) is 2.89. The Kier molecular flexibility index (Phi) is 2.29. The van der Waals surface area contributed by atoms with E-state index in [-0.39, 0.29) is 17.1 Å². The maximum atomic E-state index is 13.4. The molecule has 0 atom stereocenters. The van der Waals surface area contributed by atoms with Gasteiger partial charge in [0.15, 0.2) is 0 Å². The van der Waals surface area contributed by atoms with Gasteiger partial charge in [-0.2, -0.15) is 0 Å². The molecule has 0 fully saturated rings. The van der Waals surface area contributed by atoms with Gasteiger partial charge in [0.1, 0.15) is 23.1 Å². The molecule has 0 spiro atoms. The predicted octanol–water partition coefficient (Wildman–Crippen LogP) is 2.00. The molecule has 2 aromatic rings. The second kappa shape index (κ2) is 3.61. The van der Waals surface area contributed by atoms with Crippen molar-refractivity contribution in [2.75, 3.05) is 5.73 Å². The molecule has 2 N–H and O–H groups in total. The molecule has 0 saturated carbocycles. The maximum Gasteiger partial charge on any atom is 0.150 e. The van der Waals surface area contributed by atoms with Crippen LogP contribution in [0, 0.1) is 11.6 Å². The van der Waals surface area contributed by atoms with Crippen molar-refractivity contribution in [2.45, 2.75) is 0 Å². The summed E-state index contributed by atoms with van der Waals surface area (Å²) in [5, 5.41) is 0. The second-order valence-electron chi connectivity index (χ2n) is 2.89. The lowest BCUT2D eigenvalue weighted by Gasteiger charge is -2.05. The smallest absolute Gasteiger partial charge is 0.150 e. The number of rotatable bonds is 1. The van der Waals surface area contributed by atoms with E-state index in [9.17, 15) is 8.78 Å². The van der Waals surface area contributed by atoms with Gasteiger partial charge in [-0.1, -0.05) is 6.07 Å². The number of nitrogen functional groups attached to an aromatic ring is 1. The first kappa shape index (κ1) is 9.51. The molecular weight excluding hydrogens is 200 g/mol. The highest BCUT2D eigenvalue weighted by Gasteiger charge is 2.14. The van der Waals surface area contributed by atoms with Crippen LogP contribution in [0.1, 0.15) is 0 Å². The monoisotopic (exact) mass is 207 g/mol. The minimum absolute atomic E-state index is 0.00139. The number of halogens is 2. The third-order valence-corrected chi connectivity index (χ3v) is 1.93. The summed E-state index contributed by atoms with van der Waals surface area (Å²) in [5.74, 6) is -1.41. The van der Waals surface area contributed by atoms with Crippen molar-refractivity contribution in [3.8, 4) is 11.3 Å². The molecule has 1 aromatic carbocycles. The first-order valence-corrected chi connectivity index (χ1v) is 4.21. The van der Waals surface area contributed by atoms with Crippen molar-refractivity contribution in [3.05, 3.63) is 42.2 Å². The first-order chi connectivity index (χ1) is 7.20. The van der Waals surface area contributed by atoms with Gasteiger partial charge >= 0.3 is 0 Å². The Hall–Kier alpha value is -2.04. The van der Waals surface area contributed by atoms with Gasteiger partial charge in [0.2, 0.25) is 0 Å². The van der Waals surface area contributed by atoms with E-state index in [1.807, 2.05) is 0 Å². The van der Waals surface area contributed by atoms with Crippen molar-refractivity contribution in [2.24, 2.45) is 0 Å². The Morgan fingerprint density at radius 1 is 1.00 bits per heavy atom. The van der Waals surface area contributed by atoms with Crippen LogP contribution in [0.5, 0.6) is 0 Å². The maximum absolute atomic E-state index is 13.4. The average molecular weight is 207 g/mol. The van der Waals surface area contributed by atoms with Crippen molar-refractivity contribution in [3.63, 3.8) is 0 Å². The number of hydrogen-bond acceptors (Lipinski definition) is 3. The molecule has 1 aromatic heterocycles. The van der Waals surface area contributed by atoms with Crippen LogP contribution in [-0.4, -0.2) is 9.97 Å². The van der Waals surface area contributed by atoms with Crippen LogP contribution in [0.25, 0.3) is 11.3 Å². The van der Waals surface area contributed by atoms with Gasteiger partial charge in [-0.3, -0.25) is 4.98 Å². The van der Waals surface area contributed by atoms with Gasteiger partial charge in [0.25, 0.3) is 0 Å². The molecule has 0 bridgehead atoms. The van der Waals surface area contributed by atoms with Crippen molar-refractivity contribution in [1.29, 1.82) is 0 Å². The molecule has 0 aliphatic rings. The van der Waals surface area contributed by atoms with E-state index in [1.54, 1.807) is 0 Å².